The van der Waals surface area contributed by atoms with Crippen LogP contribution in [0.3, 0.4) is 0 Å². The first kappa shape index (κ1) is 17.4. The summed E-state index contributed by atoms with van der Waals surface area (Å²) in [5.74, 6) is 2.03. The maximum atomic E-state index is 12.8. The van der Waals surface area contributed by atoms with Gasteiger partial charge in [0.2, 0.25) is 5.91 Å². The normalized spacial score (nSPS) is 49.8. The summed E-state index contributed by atoms with van der Waals surface area (Å²) in [6.45, 7) is 8.84. The number of rotatable bonds is 1. The highest BCUT2D eigenvalue weighted by Gasteiger charge is 2.57. The van der Waals surface area contributed by atoms with Crippen LogP contribution < -0.4 is 10.6 Å². The molecule has 4 aliphatic rings. The molecule has 4 heteroatoms. The van der Waals surface area contributed by atoms with Gasteiger partial charge in [-0.3, -0.25) is 4.79 Å². The Labute approximate surface area is 152 Å². The van der Waals surface area contributed by atoms with Gasteiger partial charge < -0.3 is 15.4 Å². The van der Waals surface area contributed by atoms with E-state index in [-0.39, 0.29) is 16.9 Å². The molecule has 25 heavy (non-hydrogen) atoms. The number of carbonyl (C=O) groups excluding carboxylic acids is 1. The van der Waals surface area contributed by atoms with Crippen LogP contribution in [0.1, 0.15) is 65.2 Å². The van der Waals surface area contributed by atoms with Crippen LogP contribution in [0.15, 0.2) is 12.3 Å². The van der Waals surface area contributed by atoms with E-state index in [0.29, 0.717) is 36.3 Å². The molecule has 4 rings (SSSR count). The molecule has 0 spiro atoms. The summed E-state index contributed by atoms with van der Waals surface area (Å²) in [5, 5.41) is 7.12. The molecule has 4 fully saturated rings. The quantitative estimate of drug-likeness (QED) is 0.765. The Kier molecular flexibility index (Phi) is 4.18. The van der Waals surface area contributed by atoms with Gasteiger partial charge in [0.1, 0.15) is 0 Å². The van der Waals surface area contributed by atoms with Crippen molar-refractivity contribution >= 4 is 5.91 Å². The molecule has 2 aliphatic heterocycles. The van der Waals surface area contributed by atoms with Gasteiger partial charge >= 0.3 is 0 Å². The highest BCUT2D eigenvalue weighted by molar-refractivity contribution is 5.78. The number of carbonyl (C=O) groups is 1. The minimum absolute atomic E-state index is 0.133. The van der Waals surface area contributed by atoms with Crippen LogP contribution in [-0.2, 0) is 9.53 Å². The summed E-state index contributed by atoms with van der Waals surface area (Å²) in [5.41, 5.74) is 1.18. The Bertz CT molecular complexity index is 576. The summed E-state index contributed by atoms with van der Waals surface area (Å²) in [6.07, 6.45) is 9.15. The van der Waals surface area contributed by atoms with Crippen molar-refractivity contribution < 1.29 is 9.53 Å². The first-order valence-electron chi connectivity index (χ1n) is 10.1. The first-order chi connectivity index (χ1) is 11.9. The highest BCUT2D eigenvalue weighted by atomic mass is 16.5. The van der Waals surface area contributed by atoms with Crippen LogP contribution in [0.2, 0.25) is 0 Å². The van der Waals surface area contributed by atoms with Crippen molar-refractivity contribution in [1.29, 1.82) is 0 Å². The third-order valence-corrected chi connectivity index (χ3v) is 8.20. The van der Waals surface area contributed by atoms with Crippen LogP contribution in [0.5, 0.6) is 0 Å². The molecule has 0 aromatic carbocycles. The number of allylic oxidation sites excluding steroid dienone is 1. The number of hydrogen-bond donors (Lipinski definition) is 2. The van der Waals surface area contributed by atoms with Gasteiger partial charge in [-0.1, -0.05) is 13.5 Å². The standard InChI is InChI=1S/C21H34N2O2/c1-13-5-8-17-16-7-6-14-11-15(25-4)9-10-20(14,2)19(16)22-18(24)12-21(17,3)23-13/h14-17,19,23H,1,5-12H2,2-4H3,(H,22,24)/t14-,15-,16?,17-,19-,20?,21-/m0/s1. The molecule has 0 radical (unpaired) electrons. The molecule has 0 aromatic heterocycles. The first-order valence-corrected chi connectivity index (χ1v) is 10.1. The summed E-state index contributed by atoms with van der Waals surface area (Å²) in [6, 6.07) is 0.316. The van der Waals surface area contributed by atoms with Crippen molar-refractivity contribution in [2.75, 3.05) is 7.11 Å². The molecule has 140 valence electrons. The van der Waals surface area contributed by atoms with Gasteiger partial charge in [0.25, 0.3) is 0 Å². The van der Waals surface area contributed by atoms with Crippen molar-refractivity contribution in [2.24, 2.45) is 23.2 Å². The Hall–Kier alpha value is -1.03. The van der Waals surface area contributed by atoms with Crippen LogP contribution >= 0.6 is 0 Å². The zero-order valence-electron chi connectivity index (χ0n) is 16.1. The number of amides is 1. The topological polar surface area (TPSA) is 50.4 Å². The van der Waals surface area contributed by atoms with E-state index in [1.165, 1.54) is 25.7 Å². The van der Waals surface area contributed by atoms with Gasteiger partial charge in [-0.15, -0.1) is 0 Å². The minimum atomic E-state index is -0.133. The Morgan fingerprint density at radius 2 is 2.00 bits per heavy atom. The van der Waals surface area contributed by atoms with Crippen molar-refractivity contribution in [3.05, 3.63) is 12.3 Å². The van der Waals surface area contributed by atoms with Gasteiger partial charge in [-0.2, -0.15) is 0 Å². The maximum absolute atomic E-state index is 12.8. The van der Waals surface area contributed by atoms with E-state index in [9.17, 15) is 4.79 Å². The summed E-state index contributed by atoms with van der Waals surface area (Å²) in [4.78, 5) is 12.8. The van der Waals surface area contributed by atoms with E-state index < -0.39 is 0 Å². The third-order valence-electron chi connectivity index (χ3n) is 8.20. The molecule has 2 N–H and O–H groups in total. The Morgan fingerprint density at radius 3 is 2.76 bits per heavy atom. The molecule has 2 saturated carbocycles. The van der Waals surface area contributed by atoms with E-state index in [1.807, 2.05) is 7.11 Å². The smallest absolute Gasteiger partial charge is 0.222 e. The lowest BCUT2D eigenvalue weighted by molar-refractivity contribution is -0.125. The predicted octanol–water partition coefficient (Wildman–Crippen LogP) is 3.38. The lowest BCUT2D eigenvalue weighted by Gasteiger charge is -2.57. The monoisotopic (exact) mass is 346 g/mol. The second-order valence-electron chi connectivity index (χ2n) is 9.59. The average molecular weight is 347 g/mol. The number of hydrogen-bond acceptors (Lipinski definition) is 3. The second-order valence-corrected chi connectivity index (χ2v) is 9.59. The summed E-state index contributed by atoms with van der Waals surface area (Å²) >= 11 is 0. The van der Waals surface area contributed by atoms with E-state index in [0.717, 1.165) is 25.0 Å². The van der Waals surface area contributed by atoms with E-state index >= 15 is 0 Å². The van der Waals surface area contributed by atoms with E-state index in [4.69, 9.17) is 4.74 Å². The van der Waals surface area contributed by atoms with Crippen molar-refractivity contribution in [1.82, 2.24) is 10.6 Å². The molecule has 2 heterocycles. The van der Waals surface area contributed by atoms with Crippen LogP contribution in [0.25, 0.3) is 0 Å². The van der Waals surface area contributed by atoms with E-state index in [1.54, 1.807) is 0 Å². The lowest BCUT2D eigenvalue weighted by Crippen LogP contribution is -2.60. The fourth-order valence-electron chi connectivity index (χ4n) is 6.83. The number of fused-ring (bicyclic) bond motifs is 5. The largest absolute Gasteiger partial charge is 0.383 e. The van der Waals surface area contributed by atoms with Gasteiger partial charge in [0, 0.05) is 30.8 Å². The van der Waals surface area contributed by atoms with Crippen molar-refractivity contribution in [2.45, 2.75) is 82.9 Å². The zero-order valence-corrected chi connectivity index (χ0v) is 16.1. The molecular weight excluding hydrogens is 312 g/mol. The van der Waals surface area contributed by atoms with Crippen LogP contribution in [0, 0.1) is 23.2 Å². The fraction of sp³-hybridized carbons (Fsp3) is 0.857. The number of nitrogens with one attached hydrogen (secondary N) is 2. The molecule has 4 nitrogen and oxygen atoms in total. The number of piperidine rings is 1. The SMILES string of the molecule is C=C1CC[C@H]2C3CC[C@H]4C[C@@H](OC)CCC4(C)[C@H]3NC(=O)C[C@]2(C)N1. The van der Waals surface area contributed by atoms with E-state index in [2.05, 4.69) is 31.1 Å². The fourth-order valence-corrected chi connectivity index (χ4v) is 6.83. The minimum Gasteiger partial charge on any atom is -0.383 e. The average Bonchev–Trinajstić information content (AvgIpc) is 2.66. The molecule has 0 bridgehead atoms. The third kappa shape index (κ3) is 2.72. The number of ether oxygens (including phenoxy) is 1. The van der Waals surface area contributed by atoms with Gasteiger partial charge in [0.15, 0.2) is 0 Å². The number of methoxy groups -OCH3 is 1. The highest BCUT2D eigenvalue weighted by Crippen LogP contribution is 2.56. The van der Waals surface area contributed by atoms with Crippen LogP contribution in [-0.4, -0.2) is 30.7 Å². The maximum Gasteiger partial charge on any atom is 0.222 e. The summed E-state index contributed by atoms with van der Waals surface area (Å²) in [7, 11) is 1.85. The van der Waals surface area contributed by atoms with Gasteiger partial charge in [-0.25, -0.2) is 0 Å². The molecule has 2 aliphatic carbocycles. The van der Waals surface area contributed by atoms with Gasteiger partial charge in [-0.05, 0) is 75.0 Å². The summed E-state index contributed by atoms with van der Waals surface area (Å²) < 4.78 is 5.67. The molecule has 1 amide bonds. The Balaban J connectivity index is 1.66. The van der Waals surface area contributed by atoms with Crippen LogP contribution in [0.4, 0.5) is 0 Å². The van der Waals surface area contributed by atoms with Gasteiger partial charge in [0.05, 0.1) is 6.10 Å². The lowest BCUT2D eigenvalue weighted by atomic mass is 9.51. The predicted molar refractivity (Wildman–Crippen MR) is 98.9 cm³/mol. The molecular formula is C21H34N2O2. The molecule has 0 aromatic rings. The zero-order chi connectivity index (χ0) is 17.8. The molecule has 2 unspecified atom stereocenters. The molecule has 2 saturated heterocycles. The molecule has 7 atom stereocenters. The Morgan fingerprint density at radius 1 is 1.20 bits per heavy atom. The van der Waals surface area contributed by atoms with Crippen molar-refractivity contribution in [3.63, 3.8) is 0 Å². The van der Waals surface area contributed by atoms with Crippen molar-refractivity contribution in [3.8, 4) is 0 Å². The second kappa shape index (κ2) is 6.00.